The largest absolute Gasteiger partial charge is 0.324 e. The van der Waals surface area contributed by atoms with Crippen LogP contribution in [0.15, 0.2) is 41.2 Å². The van der Waals surface area contributed by atoms with Crippen molar-refractivity contribution in [3.63, 3.8) is 0 Å². The molecule has 19 heavy (non-hydrogen) atoms. The van der Waals surface area contributed by atoms with E-state index in [2.05, 4.69) is 59.6 Å². The van der Waals surface area contributed by atoms with Gasteiger partial charge in [0.2, 0.25) is 0 Å². The van der Waals surface area contributed by atoms with E-state index in [0.717, 1.165) is 18.6 Å². The Bertz CT molecular complexity index is 674. The number of rotatable bonds is 3. The quantitative estimate of drug-likeness (QED) is 0.822. The van der Waals surface area contributed by atoms with Crippen LogP contribution in [-0.2, 0) is 6.54 Å². The lowest BCUT2D eigenvalue weighted by atomic mass is 10.0. The molecule has 1 aromatic heterocycles. The zero-order chi connectivity index (χ0) is 13.4. The van der Waals surface area contributed by atoms with Crippen LogP contribution < -0.4 is 0 Å². The molecule has 0 saturated carbocycles. The molecule has 0 amide bonds. The third kappa shape index (κ3) is 2.21. The molecule has 0 aliphatic carbocycles. The van der Waals surface area contributed by atoms with Crippen molar-refractivity contribution >= 4 is 16.7 Å². The highest BCUT2D eigenvalue weighted by atomic mass is 15.1. The van der Waals surface area contributed by atoms with E-state index in [1.807, 2.05) is 6.33 Å². The number of hydrogen-bond acceptors (Lipinski definition) is 2. The number of fused-ring (bicyclic) bond motifs is 1. The zero-order valence-electron chi connectivity index (χ0n) is 11.7. The molecule has 2 aromatic rings. The molecule has 0 N–H and O–H groups in total. The summed E-state index contributed by atoms with van der Waals surface area (Å²) in [5.74, 6) is 0.540. The van der Waals surface area contributed by atoms with Gasteiger partial charge >= 0.3 is 0 Å². The second kappa shape index (κ2) is 4.65. The molecule has 1 aliphatic heterocycles. The molecule has 0 unspecified atom stereocenters. The molecule has 3 rings (SSSR count). The van der Waals surface area contributed by atoms with Crippen LogP contribution in [-0.4, -0.2) is 21.8 Å². The van der Waals surface area contributed by atoms with E-state index in [4.69, 9.17) is 0 Å². The van der Waals surface area contributed by atoms with Crippen molar-refractivity contribution in [3.8, 4) is 0 Å². The lowest BCUT2D eigenvalue weighted by molar-refractivity contribution is 0.857. The molecule has 3 heteroatoms. The predicted octanol–water partition coefficient (Wildman–Crippen LogP) is 3.56. The molecule has 0 spiro atoms. The van der Waals surface area contributed by atoms with Gasteiger partial charge in [-0.05, 0) is 36.1 Å². The highest BCUT2D eigenvalue weighted by molar-refractivity contribution is 6.01. The number of imidazole rings is 1. The van der Waals surface area contributed by atoms with E-state index < -0.39 is 0 Å². The minimum absolute atomic E-state index is 0.540. The summed E-state index contributed by atoms with van der Waals surface area (Å²) < 4.78 is 2.20. The molecule has 2 heterocycles. The third-order valence-electron chi connectivity index (χ3n) is 3.77. The Labute approximate surface area is 113 Å². The van der Waals surface area contributed by atoms with Crippen LogP contribution in [0.5, 0.6) is 0 Å². The van der Waals surface area contributed by atoms with Gasteiger partial charge in [-0.25, -0.2) is 4.98 Å². The van der Waals surface area contributed by atoms with Crippen LogP contribution in [0.3, 0.4) is 0 Å². The zero-order valence-corrected chi connectivity index (χ0v) is 11.7. The average Bonchev–Trinajstić information content (AvgIpc) is 2.97. The Morgan fingerprint density at radius 1 is 1.32 bits per heavy atom. The molecule has 1 aromatic carbocycles. The van der Waals surface area contributed by atoms with Gasteiger partial charge in [0.15, 0.2) is 0 Å². The van der Waals surface area contributed by atoms with Crippen LogP contribution in [0, 0.1) is 0 Å². The maximum atomic E-state index is 4.53. The van der Waals surface area contributed by atoms with Crippen molar-refractivity contribution in [3.05, 3.63) is 41.7 Å². The summed E-state index contributed by atoms with van der Waals surface area (Å²) in [5.41, 5.74) is 6.09. The van der Waals surface area contributed by atoms with Gasteiger partial charge in [-0.1, -0.05) is 26.0 Å². The van der Waals surface area contributed by atoms with E-state index in [-0.39, 0.29) is 0 Å². The van der Waals surface area contributed by atoms with Gasteiger partial charge in [-0.2, -0.15) is 0 Å². The van der Waals surface area contributed by atoms with Gasteiger partial charge in [0.1, 0.15) is 0 Å². The molecule has 0 saturated heterocycles. The summed E-state index contributed by atoms with van der Waals surface area (Å²) in [6.07, 6.45) is 4.09. The highest BCUT2D eigenvalue weighted by Crippen LogP contribution is 2.21. The monoisotopic (exact) mass is 253 g/mol. The number of hydrogen-bond donors (Lipinski definition) is 0. The summed E-state index contributed by atoms with van der Waals surface area (Å²) >= 11 is 0. The van der Waals surface area contributed by atoms with Crippen LogP contribution in [0.25, 0.3) is 11.0 Å². The van der Waals surface area contributed by atoms with Crippen LogP contribution in [0.2, 0.25) is 0 Å². The second-order valence-corrected chi connectivity index (χ2v) is 5.45. The molecule has 0 atom stereocenters. The SMILES string of the molecule is CC1=CCN=C1Cn1cnc2ccc(C(C)C)cc21. The number of benzene rings is 1. The number of nitrogens with zero attached hydrogens (tertiary/aromatic N) is 3. The fourth-order valence-electron chi connectivity index (χ4n) is 2.43. The molecule has 3 nitrogen and oxygen atoms in total. The van der Waals surface area contributed by atoms with Crippen LogP contribution in [0.1, 0.15) is 32.3 Å². The Kier molecular flexibility index (Phi) is 2.97. The Hall–Kier alpha value is -1.90. The first-order valence-corrected chi connectivity index (χ1v) is 6.80. The van der Waals surface area contributed by atoms with E-state index >= 15 is 0 Å². The Morgan fingerprint density at radius 2 is 2.16 bits per heavy atom. The Morgan fingerprint density at radius 3 is 2.84 bits per heavy atom. The van der Waals surface area contributed by atoms with Gasteiger partial charge in [0.25, 0.3) is 0 Å². The number of aromatic nitrogens is 2. The van der Waals surface area contributed by atoms with Crippen molar-refractivity contribution in [1.29, 1.82) is 0 Å². The lowest BCUT2D eigenvalue weighted by Crippen LogP contribution is -2.08. The fraction of sp³-hybridized carbons (Fsp3) is 0.375. The fourth-order valence-corrected chi connectivity index (χ4v) is 2.43. The molecule has 0 fully saturated rings. The van der Waals surface area contributed by atoms with Crippen molar-refractivity contribution in [2.24, 2.45) is 4.99 Å². The predicted molar refractivity (Wildman–Crippen MR) is 79.9 cm³/mol. The maximum Gasteiger partial charge on any atom is 0.0962 e. The third-order valence-corrected chi connectivity index (χ3v) is 3.77. The van der Waals surface area contributed by atoms with E-state index in [1.165, 1.54) is 22.4 Å². The summed E-state index contributed by atoms with van der Waals surface area (Å²) in [4.78, 5) is 9.01. The first-order chi connectivity index (χ1) is 9.15. The standard InChI is InChI=1S/C16H19N3/c1-11(2)13-4-5-14-16(8-13)19(10-18-14)9-15-12(3)6-7-17-15/h4-6,8,10-11H,7,9H2,1-3H3. The minimum atomic E-state index is 0.540. The van der Waals surface area contributed by atoms with Crippen LogP contribution in [0.4, 0.5) is 0 Å². The van der Waals surface area contributed by atoms with E-state index in [9.17, 15) is 0 Å². The van der Waals surface area contributed by atoms with E-state index in [0.29, 0.717) is 5.92 Å². The maximum absolute atomic E-state index is 4.53. The van der Waals surface area contributed by atoms with Crippen molar-refractivity contribution in [2.45, 2.75) is 33.2 Å². The summed E-state index contributed by atoms with van der Waals surface area (Å²) in [7, 11) is 0. The van der Waals surface area contributed by atoms with Gasteiger partial charge < -0.3 is 4.57 Å². The van der Waals surface area contributed by atoms with Crippen LogP contribution >= 0.6 is 0 Å². The summed E-state index contributed by atoms with van der Waals surface area (Å²) in [6, 6.07) is 6.53. The molecule has 1 aliphatic rings. The topological polar surface area (TPSA) is 30.2 Å². The smallest absolute Gasteiger partial charge is 0.0962 e. The second-order valence-electron chi connectivity index (χ2n) is 5.45. The Balaban J connectivity index is 1.99. The number of allylic oxidation sites excluding steroid dienone is 1. The molecular formula is C16H19N3. The average molecular weight is 253 g/mol. The van der Waals surface area contributed by atoms with Gasteiger partial charge in [0, 0.05) is 0 Å². The van der Waals surface area contributed by atoms with Gasteiger partial charge in [0.05, 0.1) is 36.2 Å². The first-order valence-electron chi connectivity index (χ1n) is 6.80. The van der Waals surface area contributed by atoms with Gasteiger partial charge in [-0.15, -0.1) is 0 Å². The summed E-state index contributed by atoms with van der Waals surface area (Å²) in [6.45, 7) is 8.21. The first kappa shape index (κ1) is 12.2. The summed E-state index contributed by atoms with van der Waals surface area (Å²) in [5, 5.41) is 0. The van der Waals surface area contributed by atoms with Crippen molar-refractivity contribution in [1.82, 2.24) is 9.55 Å². The molecule has 98 valence electrons. The van der Waals surface area contributed by atoms with Crippen molar-refractivity contribution < 1.29 is 0 Å². The van der Waals surface area contributed by atoms with Crippen molar-refractivity contribution in [2.75, 3.05) is 6.54 Å². The molecule has 0 radical (unpaired) electrons. The van der Waals surface area contributed by atoms with Gasteiger partial charge in [-0.3, -0.25) is 4.99 Å². The minimum Gasteiger partial charge on any atom is -0.324 e. The normalized spacial score (nSPS) is 15.2. The highest BCUT2D eigenvalue weighted by Gasteiger charge is 2.11. The molecular weight excluding hydrogens is 234 g/mol. The molecule has 0 bridgehead atoms. The lowest BCUT2D eigenvalue weighted by Gasteiger charge is -2.08. The number of aliphatic imine (C=N–C) groups is 1. The van der Waals surface area contributed by atoms with E-state index in [1.54, 1.807) is 0 Å².